The van der Waals surface area contributed by atoms with E-state index in [0.29, 0.717) is 0 Å². The summed E-state index contributed by atoms with van der Waals surface area (Å²) >= 11 is 0. The summed E-state index contributed by atoms with van der Waals surface area (Å²) < 4.78 is 541. The van der Waals surface area contributed by atoms with Gasteiger partial charge in [0.2, 0.25) is 0 Å². The maximum Gasteiger partial charge on any atom is 0.472 e. The number of likely N-dealkylation sites (N-methyl/N-ethyl adjacent to an activating group) is 1. The highest BCUT2D eigenvalue weighted by molar-refractivity contribution is 7.47. The van der Waals surface area contributed by atoms with Gasteiger partial charge in [-0.3, -0.25) is 18.6 Å². The van der Waals surface area contributed by atoms with E-state index in [1.165, 1.54) is 21.1 Å². The van der Waals surface area contributed by atoms with E-state index in [4.69, 9.17) is 89.5 Å². The standard InChI is InChI=1S/C40H80NO8P/c1-6-8-10-12-14-16-18-20-22-24-26-28-30-32-39(42)46-36-38(37-48-50(44,45)47-35-34-41(3,4)5)49-40(43)33-31-29-27-25-23-21-19-17-15-13-11-9-7-2/h38H,6-37H2,1-5H3/p+1/i1D3,2D3,6D2,7D2,8D2,9D2,10D2,11D2,12D2,13D2,14D2,15D2,16D2,17D2,18D2,19D2,20D2,21D2,22D2,23D2,24D2,25D2,26D2,27D2,28D2,29D2,30D2,31D2,32D2,33D2. The van der Waals surface area contributed by atoms with Gasteiger partial charge in [-0.2, -0.15) is 0 Å². The highest BCUT2D eigenvalue weighted by Gasteiger charge is 2.27. The first kappa shape index (κ1) is 9.33. The Morgan fingerprint density at radius 3 is 1.38 bits per heavy atom. The summed E-state index contributed by atoms with van der Waals surface area (Å²) in [6.07, 6.45) is -151. The molecule has 0 spiro atoms. The quantitative estimate of drug-likeness (QED) is 0.0374. The Morgan fingerprint density at radius 1 is 0.600 bits per heavy atom. The number of carbonyl (C=O) groups is 2. The molecule has 50 heavy (non-hydrogen) atoms. The first-order valence-electron chi connectivity index (χ1n) is 44.1. The molecule has 0 amide bonds. The predicted molar refractivity (Wildman–Crippen MR) is 206 cm³/mol. The van der Waals surface area contributed by atoms with Crippen molar-refractivity contribution in [2.24, 2.45) is 0 Å². The van der Waals surface area contributed by atoms with Crippen LogP contribution in [0.3, 0.4) is 0 Å². The van der Waals surface area contributed by atoms with E-state index < -0.39 is 238 Å². The molecular formula is C40H81NO8P+. The maximum absolute atomic E-state index is 14.0. The molecule has 0 rings (SSSR count). The van der Waals surface area contributed by atoms with Gasteiger partial charge < -0.3 is 18.9 Å². The Balaban J connectivity index is 8.27. The number of rotatable bonds is 38. The van der Waals surface area contributed by atoms with Crippen molar-refractivity contribution in [2.45, 2.75) is 198 Å². The Hall–Kier alpha value is -0.990. The fraction of sp³-hybridized carbons (Fsp3) is 0.950. The Bertz CT molecular complexity index is 3410. The molecule has 1 N–H and O–H groups in total. The molecule has 0 heterocycles. The molecule has 0 aromatic heterocycles. The second kappa shape index (κ2) is 33.8. The normalized spacial score (nSPS) is 40.6. The predicted octanol–water partition coefficient (Wildman–Crippen LogP) is 11.2. The highest BCUT2D eigenvalue weighted by atomic mass is 31.2. The topological polar surface area (TPSA) is 108 Å². The molecule has 0 fully saturated rings. The molecular weight excluding hydrogens is 653 g/mol. The van der Waals surface area contributed by atoms with Gasteiger partial charge in [0, 0.05) is 97.7 Å². The van der Waals surface area contributed by atoms with Gasteiger partial charge >= 0.3 is 19.8 Å². The summed E-state index contributed by atoms with van der Waals surface area (Å²) in [5.41, 5.74) is 0. The average Bonchev–Trinajstić information content (AvgIpc) is 0.684. The van der Waals surface area contributed by atoms with E-state index in [2.05, 4.69) is 14.0 Å². The van der Waals surface area contributed by atoms with Gasteiger partial charge in [0.25, 0.3) is 0 Å². The average molecular weight is 797 g/mol. The molecule has 2 atom stereocenters. The van der Waals surface area contributed by atoms with Crippen LogP contribution in [0.1, 0.15) is 277 Å². The summed E-state index contributed by atoms with van der Waals surface area (Å²) in [6.45, 7) is -13.8. The van der Waals surface area contributed by atoms with Crippen LogP contribution in [0.5, 0.6) is 0 Å². The number of phosphoric acid groups is 1. The van der Waals surface area contributed by atoms with Crippen molar-refractivity contribution in [2.75, 3.05) is 47.5 Å². The lowest BCUT2D eigenvalue weighted by atomic mass is 10.0. The van der Waals surface area contributed by atoms with Crippen molar-refractivity contribution in [3.63, 3.8) is 0 Å². The van der Waals surface area contributed by atoms with Crippen molar-refractivity contribution < 1.29 is 127 Å². The summed E-state index contributed by atoms with van der Waals surface area (Å²) in [5.74, 6) is -6.16. The van der Waals surface area contributed by atoms with Gasteiger partial charge in [0.05, 0.1) is 27.7 Å². The molecule has 0 radical (unpaired) electrons. The van der Waals surface area contributed by atoms with Crippen LogP contribution < -0.4 is 0 Å². The lowest BCUT2D eigenvalue weighted by molar-refractivity contribution is -0.870. The number of nitrogens with zero attached hydrogens (tertiary/aromatic N) is 1. The monoisotopic (exact) mass is 797 g/mol. The van der Waals surface area contributed by atoms with E-state index in [9.17, 15) is 19.0 Å². The fourth-order valence-electron chi connectivity index (χ4n) is 2.00. The molecule has 10 heteroatoms. The van der Waals surface area contributed by atoms with Gasteiger partial charge in [0.1, 0.15) is 19.8 Å². The first-order valence-corrected chi connectivity index (χ1v) is 14.6. The maximum atomic E-state index is 14.0. The van der Waals surface area contributed by atoms with Crippen LogP contribution in [0.25, 0.3) is 0 Å². The van der Waals surface area contributed by atoms with E-state index >= 15 is 0 Å². The van der Waals surface area contributed by atoms with Gasteiger partial charge in [-0.15, -0.1) is 0 Å². The largest absolute Gasteiger partial charge is 0.472 e. The number of hydrogen-bond acceptors (Lipinski definition) is 7. The van der Waals surface area contributed by atoms with Gasteiger partial charge in [-0.25, -0.2) is 4.57 Å². The van der Waals surface area contributed by atoms with Crippen LogP contribution in [0.15, 0.2) is 0 Å². The zero-order valence-corrected chi connectivity index (χ0v) is 27.5. The van der Waals surface area contributed by atoms with Crippen LogP contribution in [0.2, 0.25) is 0 Å². The number of ether oxygens (including phenoxy) is 2. The number of hydrogen-bond donors (Lipinski definition) is 1. The molecule has 0 aromatic carbocycles. The highest BCUT2D eigenvalue weighted by Crippen LogP contribution is 2.43. The summed E-state index contributed by atoms with van der Waals surface area (Å²) in [7, 11) is -1.28. The molecule has 9 nitrogen and oxygen atoms in total. The minimum absolute atomic E-state index is 0.0674. The smallest absolute Gasteiger partial charge is 0.462 e. The molecule has 0 aliphatic heterocycles. The molecule has 0 aromatic rings. The first-order chi connectivity index (χ1) is 47.3. The number of carbonyl (C=O) groups excluding carboxylic acids is 2. The van der Waals surface area contributed by atoms with Crippen LogP contribution in [0, 0.1) is 0 Å². The second-order valence-corrected chi connectivity index (χ2v) is 10.2. The molecule has 0 saturated carbocycles. The SMILES string of the molecule is [2H]C([2H])([2H])C([2H])([2H])C([2H])([2H])C([2H])([2H])C([2H])([2H])C([2H])([2H])C([2H])([2H])C([2H])([2H])C([2H])([2H])C([2H])([2H])C([2H])([2H])C([2H])([2H])C([2H])([2H])C([2H])([2H])C([2H])([2H])C(=O)OCC(COP(=O)(O)OCC[N+](C)(C)C)OC(=O)C([2H])([2H])C([2H])([2H])C([2H])([2H])C([2H])([2H])C([2H])([2H])C([2H])([2H])C([2H])([2H])C([2H])([2H])C([2H])([2H])C([2H])([2H])C([2H])([2H])C([2H])([2H])C([2H])([2H])C([2H])([2H])C([2H])([2H])[2H]. The van der Waals surface area contributed by atoms with Gasteiger partial charge in [0.15, 0.2) is 6.10 Å². The van der Waals surface area contributed by atoms with Crippen LogP contribution in [0.4, 0.5) is 0 Å². The zero-order valence-electron chi connectivity index (χ0n) is 88.6. The molecule has 0 aliphatic carbocycles. The van der Waals surface area contributed by atoms with Crippen molar-refractivity contribution >= 4 is 19.8 Å². The van der Waals surface area contributed by atoms with E-state index in [-0.39, 0.29) is 11.0 Å². The molecule has 0 aliphatic rings. The Morgan fingerprint density at radius 2 is 0.980 bits per heavy atom. The summed E-state index contributed by atoms with van der Waals surface area (Å²) in [5, 5.41) is 0. The van der Waals surface area contributed by atoms with E-state index in [1.54, 1.807) is 0 Å². The summed E-state index contributed by atoms with van der Waals surface area (Å²) in [6, 6.07) is 0. The van der Waals surface area contributed by atoms with Crippen molar-refractivity contribution in [1.29, 1.82) is 0 Å². The minimum atomic E-state index is -5.70. The van der Waals surface area contributed by atoms with Crippen molar-refractivity contribution in [3.8, 4) is 0 Å². The molecule has 0 bridgehead atoms. The zero-order chi connectivity index (χ0) is 92.4. The third kappa shape index (κ3) is 36.8. The van der Waals surface area contributed by atoms with Gasteiger partial charge in [-0.1, -0.05) is 167 Å². The third-order valence-corrected chi connectivity index (χ3v) is 4.93. The number of quaternary nitrogens is 1. The molecule has 298 valence electrons. The van der Waals surface area contributed by atoms with Crippen molar-refractivity contribution in [3.05, 3.63) is 0 Å². The summed E-state index contributed by atoms with van der Waals surface area (Å²) in [4.78, 5) is 38.2. The van der Waals surface area contributed by atoms with E-state index in [1.807, 2.05) is 0 Å². The minimum Gasteiger partial charge on any atom is -0.462 e. The second-order valence-electron chi connectivity index (χ2n) is 8.74. The van der Waals surface area contributed by atoms with E-state index in [0.717, 1.165) is 0 Å². The lowest BCUT2D eigenvalue weighted by Gasteiger charge is -2.24. The Labute approximate surface area is 395 Å². The number of esters is 2. The van der Waals surface area contributed by atoms with Crippen LogP contribution >= 0.6 is 7.82 Å². The van der Waals surface area contributed by atoms with Crippen LogP contribution in [-0.2, 0) is 32.7 Å². The molecule has 2 unspecified atom stereocenters. The molecule has 0 saturated heterocycles. The van der Waals surface area contributed by atoms with Crippen molar-refractivity contribution in [1.82, 2.24) is 0 Å². The Kier molecular flexibility index (Phi) is 6.31. The number of phosphoric ester groups is 1. The fourth-order valence-corrected chi connectivity index (χ4v) is 2.74. The van der Waals surface area contributed by atoms with Gasteiger partial charge in [-0.05, 0) is 12.7 Å². The third-order valence-electron chi connectivity index (χ3n) is 3.94. The lowest BCUT2D eigenvalue weighted by Crippen LogP contribution is -2.37. The van der Waals surface area contributed by atoms with Crippen LogP contribution in [-0.4, -0.2) is 74.9 Å².